The molecule has 8 heteroatoms. The van der Waals surface area contributed by atoms with Gasteiger partial charge in [0.05, 0.1) is 5.39 Å². The summed E-state index contributed by atoms with van der Waals surface area (Å²) < 4.78 is 14.2. The Hall–Kier alpha value is -3.55. The molecule has 1 heterocycles. The number of nitrogens with one attached hydrogen (secondary N) is 2. The van der Waals surface area contributed by atoms with E-state index < -0.39 is 11.8 Å². The molecule has 0 saturated heterocycles. The first kappa shape index (κ1) is 20.2. The minimum Gasteiger partial charge on any atom is -0.273 e. The minimum atomic E-state index is -0.610. The topological polar surface area (TPSA) is 93.1 Å². The van der Waals surface area contributed by atoms with Gasteiger partial charge in [0, 0.05) is 18.4 Å². The van der Waals surface area contributed by atoms with Crippen LogP contribution in [0.4, 0.5) is 4.39 Å². The number of rotatable bonds is 6. The highest BCUT2D eigenvalue weighted by Gasteiger charge is 2.17. The molecule has 0 radical (unpaired) electrons. The van der Waals surface area contributed by atoms with Gasteiger partial charge in [0.25, 0.3) is 11.5 Å². The number of carbonyl (C=O) groups is 2. The molecule has 0 fully saturated rings. The van der Waals surface area contributed by atoms with Crippen molar-refractivity contribution in [2.75, 3.05) is 0 Å². The van der Waals surface area contributed by atoms with E-state index in [4.69, 9.17) is 0 Å². The largest absolute Gasteiger partial charge is 0.290 e. The maximum Gasteiger partial charge on any atom is 0.290 e. The SMILES string of the molecule is CCCn1nc(C(=O)NNC(=O)CCc2ccc(F)cc2)c2ccccc2c1=O. The molecule has 0 atom stereocenters. The molecule has 0 unspecified atom stereocenters. The van der Waals surface area contributed by atoms with Crippen LogP contribution in [0.1, 0.15) is 35.8 Å². The third-order valence-electron chi connectivity index (χ3n) is 4.39. The molecule has 2 aromatic carbocycles. The van der Waals surface area contributed by atoms with Crippen molar-refractivity contribution in [2.24, 2.45) is 0 Å². The highest BCUT2D eigenvalue weighted by atomic mass is 19.1. The van der Waals surface area contributed by atoms with E-state index in [-0.39, 0.29) is 23.5 Å². The normalized spacial score (nSPS) is 10.7. The summed E-state index contributed by atoms with van der Waals surface area (Å²) in [5, 5.41) is 4.99. The Balaban J connectivity index is 1.69. The lowest BCUT2D eigenvalue weighted by atomic mass is 10.1. The number of carbonyl (C=O) groups excluding carboxylic acids is 2. The quantitative estimate of drug-likeness (QED) is 0.626. The molecule has 2 N–H and O–H groups in total. The number of fused-ring (bicyclic) bond motifs is 1. The summed E-state index contributed by atoms with van der Waals surface area (Å²) in [7, 11) is 0. The number of aryl methyl sites for hydroxylation is 2. The third-order valence-corrected chi connectivity index (χ3v) is 4.39. The van der Waals surface area contributed by atoms with Crippen LogP contribution in [-0.4, -0.2) is 21.6 Å². The van der Waals surface area contributed by atoms with Crippen molar-refractivity contribution in [2.45, 2.75) is 32.7 Å². The first-order valence-electron chi connectivity index (χ1n) is 9.33. The van der Waals surface area contributed by atoms with Crippen molar-refractivity contribution in [3.05, 3.63) is 76.0 Å². The van der Waals surface area contributed by atoms with Gasteiger partial charge in [-0.2, -0.15) is 5.10 Å². The van der Waals surface area contributed by atoms with Gasteiger partial charge in [-0.1, -0.05) is 37.3 Å². The summed E-state index contributed by atoms with van der Waals surface area (Å²) >= 11 is 0. The van der Waals surface area contributed by atoms with Crippen LogP contribution in [0.3, 0.4) is 0 Å². The van der Waals surface area contributed by atoms with Crippen molar-refractivity contribution >= 4 is 22.6 Å². The van der Waals surface area contributed by atoms with E-state index in [9.17, 15) is 18.8 Å². The molecule has 0 saturated carbocycles. The van der Waals surface area contributed by atoms with Crippen molar-refractivity contribution < 1.29 is 14.0 Å². The predicted molar refractivity (Wildman–Crippen MR) is 107 cm³/mol. The van der Waals surface area contributed by atoms with Crippen LogP contribution >= 0.6 is 0 Å². The van der Waals surface area contributed by atoms with Crippen LogP contribution in [0, 0.1) is 5.82 Å². The zero-order valence-electron chi connectivity index (χ0n) is 15.9. The first-order valence-corrected chi connectivity index (χ1v) is 9.33. The van der Waals surface area contributed by atoms with Gasteiger partial charge in [-0.15, -0.1) is 0 Å². The molecule has 0 aliphatic rings. The molecular weight excluding hydrogens is 375 g/mol. The van der Waals surface area contributed by atoms with E-state index in [2.05, 4.69) is 16.0 Å². The van der Waals surface area contributed by atoms with E-state index in [1.165, 1.54) is 16.8 Å². The molecule has 7 nitrogen and oxygen atoms in total. The summed E-state index contributed by atoms with van der Waals surface area (Å²) in [5.74, 6) is -1.34. The van der Waals surface area contributed by atoms with Crippen molar-refractivity contribution in [3.8, 4) is 0 Å². The van der Waals surface area contributed by atoms with Gasteiger partial charge < -0.3 is 0 Å². The number of nitrogens with zero attached hydrogens (tertiary/aromatic N) is 2. The highest BCUT2D eigenvalue weighted by Crippen LogP contribution is 2.13. The van der Waals surface area contributed by atoms with E-state index >= 15 is 0 Å². The summed E-state index contributed by atoms with van der Waals surface area (Å²) in [6.07, 6.45) is 1.21. The Bertz CT molecular complexity index is 1090. The zero-order valence-corrected chi connectivity index (χ0v) is 15.9. The molecule has 0 spiro atoms. The number of amides is 2. The number of benzene rings is 2. The zero-order chi connectivity index (χ0) is 20.8. The van der Waals surface area contributed by atoms with Gasteiger partial charge in [0.1, 0.15) is 5.82 Å². The van der Waals surface area contributed by atoms with Crippen molar-refractivity contribution in [1.82, 2.24) is 20.6 Å². The average molecular weight is 396 g/mol. The summed E-state index contributed by atoms with van der Waals surface area (Å²) in [6.45, 7) is 2.29. The second-order valence-electron chi connectivity index (χ2n) is 6.55. The second-order valence-corrected chi connectivity index (χ2v) is 6.55. The maximum absolute atomic E-state index is 12.9. The standard InChI is InChI=1S/C21H21FN4O3/c1-2-13-26-21(29)17-6-4-3-5-16(17)19(25-26)20(28)24-23-18(27)12-9-14-7-10-15(22)11-8-14/h3-8,10-11H,2,9,12-13H2,1H3,(H,23,27)(H,24,28). The number of halogens is 1. The van der Waals surface area contributed by atoms with Crippen LogP contribution in [0.15, 0.2) is 53.3 Å². The Morgan fingerprint density at radius 3 is 2.41 bits per heavy atom. The van der Waals surface area contributed by atoms with Gasteiger partial charge in [-0.05, 0) is 36.6 Å². The highest BCUT2D eigenvalue weighted by molar-refractivity contribution is 6.05. The van der Waals surface area contributed by atoms with Crippen LogP contribution in [0.5, 0.6) is 0 Å². The maximum atomic E-state index is 12.9. The van der Waals surface area contributed by atoms with Gasteiger partial charge in [-0.25, -0.2) is 9.07 Å². The fourth-order valence-electron chi connectivity index (χ4n) is 2.92. The van der Waals surface area contributed by atoms with Crippen molar-refractivity contribution in [3.63, 3.8) is 0 Å². The first-order chi connectivity index (χ1) is 14.0. The van der Waals surface area contributed by atoms with Crippen molar-refractivity contribution in [1.29, 1.82) is 0 Å². The van der Waals surface area contributed by atoms with Crippen LogP contribution < -0.4 is 16.4 Å². The van der Waals surface area contributed by atoms with Crippen LogP contribution in [-0.2, 0) is 17.8 Å². The Morgan fingerprint density at radius 2 is 1.72 bits per heavy atom. The molecule has 1 aromatic heterocycles. The molecule has 150 valence electrons. The predicted octanol–water partition coefficient (Wildman–Crippen LogP) is 2.34. The Kier molecular flexibility index (Phi) is 6.33. The van der Waals surface area contributed by atoms with E-state index in [0.29, 0.717) is 30.2 Å². The minimum absolute atomic E-state index is 0.0625. The van der Waals surface area contributed by atoms with Gasteiger partial charge >= 0.3 is 0 Å². The molecule has 0 aliphatic heterocycles. The van der Waals surface area contributed by atoms with E-state index in [1.54, 1.807) is 36.4 Å². The number of hydrazine groups is 1. The molecule has 2 amide bonds. The lowest BCUT2D eigenvalue weighted by molar-refractivity contribution is -0.121. The monoisotopic (exact) mass is 396 g/mol. The van der Waals surface area contributed by atoms with Gasteiger partial charge in [0.2, 0.25) is 5.91 Å². The third kappa shape index (κ3) is 4.84. The van der Waals surface area contributed by atoms with Crippen LogP contribution in [0.25, 0.3) is 10.8 Å². The molecule has 29 heavy (non-hydrogen) atoms. The Morgan fingerprint density at radius 1 is 1.03 bits per heavy atom. The van der Waals surface area contributed by atoms with Crippen LogP contribution in [0.2, 0.25) is 0 Å². The number of hydrogen-bond acceptors (Lipinski definition) is 4. The number of hydrogen-bond donors (Lipinski definition) is 2. The van der Waals surface area contributed by atoms with Gasteiger partial charge in [0.15, 0.2) is 5.69 Å². The molecule has 0 bridgehead atoms. The molecular formula is C21H21FN4O3. The summed E-state index contributed by atoms with van der Waals surface area (Å²) in [6, 6.07) is 12.6. The smallest absolute Gasteiger partial charge is 0.273 e. The average Bonchev–Trinajstić information content (AvgIpc) is 2.73. The summed E-state index contributed by atoms with van der Waals surface area (Å²) in [4.78, 5) is 37.1. The summed E-state index contributed by atoms with van der Waals surface area (Å²) in [5.41, 5.74) is 5.32. The van der Waals surface area contributed by atoms with Gasteiger partial charge in [-0.3, -0.25) is 25.2 Å². The fraction of sp³-hybridized carbons (Fsp3) is 0.238. The Labute approximate surface area is 166 Å². The van der Waals surface area contributed by atoms with E-state index in [0.717, 1.165) is 5.56 Å². The fourth-order valence-corrected chi connectivity index (χ4v) is 2.92. The van der Waals surface area contributed by atoms with E-state index in [1.807, 2.05) is 6.92 Å². The second kappa shape index (κ2) is 9.09. The number of aromatic nitrogens is 2. The molecule has 3 rings (SSSR count). The molecule has 3 aromatic rings. The molecule has 0 aliphatic carbocycles. The lowest BCUT2D eigenvalue weighted by Crippen LogP contribution is -2.42. The lowest BCUT2D eigenvalue weighted by Gasteiger charge is -2.11.